The van der Waals surface area contributed by atoms with Gasteiger partial charge in [-0.05, 0) is 52.7 Å². The summed E-state index contributed by atoms with van der Waals surface area (Å²) < 4.78 is 5.70. The largest absolute Gasteiger partial charge is 0.378 e. The normalized spacial score (nSPS) is 19.3. The van der Waals surface area contributed by atoms with Crippen LogP contribution in [0.1, 0.15) is 46.0 Å². The zero-order valence-corrected chi connectivity index (χ0v) is 12.7. The predicted molar refractivity (Wildman–Crippen MR) is 78.1 cm³/mol. The first kappa shape index (κ1) is 15.9. The van der Waals surface area contributed by atoms with E-state index >= 15 is 0 Å². The van der Waals surface area contributed by atoms with Crippen molar-refractivity contribution in [2.45, 2.75) is 52.1 Å². The number of hydrogen-bond acceptors (Lipinski definition) is 3. The van der Waals surface area contributed by atoms with E-state index in [1.54, 1.807) is 0 Å². The highest BCUT2D eigenvalue weighted by Gasteiger charge is 2.10. The fourth-order valence-corrected chi connectivity index (χ4v) is 2.34. The van der Waals surface area contributed by atoms with E-state index in [2.05, 4.69) is 30.7 Å². The molecule has 3 heteroatoms. The third-order valence-corrected chi connectivity index (χ3v) is 3.91. The summed E-state index contributed by atoms with van der Waals surface area (Å²) in [4.78, 5) is 5.05. The second-order valence-corrected chi connectivity index (χ2v) is 5.65. The molecule has 0 spiro atoms. The van der Waals surface area contributed by atoms with E-state index in [-0.39, 0.29) is 0 Å². The number of likely N-dealkylation sites (N-methyl/N-ethyl adjacent to an activating group) is 1. The maximum Gasteiger partial charge on any atom is 0.0544 e. The molecule has 1 atom stereocenters. The first-order valence-corrected chi connectivity index (χ1v) is 7.75. The van der Waals surface area contributed by atoms with E-state index in [9.17, 15) is 0 Å². The average molecular weight is 256 g/mol. The van der Waals surface area contributed by atoms with Crippen LogP contribution < -0.4 is 0 Å². The molecule has 0 bridgehead atoms. The van der Waals surface area contributed by atoms with Gasteiger partial charge in [-0.1, -0.05) is 13.3 Å². The number of ether oxygens (including phenoxy) is 1. The van der Waals surface area contributed by atoms with Gasteiger partial charge in [-0.25, -0.2) is 0 Å². The van der Waals surface area contributed by atoms with Crippen LogP contribution >= 0.6 is 0 Å². The van der Waals surface area contributed by atoms with Crippen LogP contribution in [0.5, 0.6) is 0 Å². The molecule has 1 aliphatic heterocycles. The predicted octanol–water partition coefficient (Wildman–Crippen LogP) is 2.61. The van der Waals surface area contributed by atoms with Crippen molar-refractivity contribution in [3.05, 3.63) is 0 Å². The zero-order valence-electron chi connectivity index (χ0n) is 12.7. The van der Waals surface area contributed by atoms with E-state index in [1.165, 1.54) is 45.4 Å². The number of piperidine rings is 1. The Kier molecular flexibility index (Phi) is 8.64. The lowest BCUT2D eigenvalue weighted by Crippen LogP contribution is -2.37. The van der Waals surface area contributed by atoms with Crippen molar-refractivity contribution in [3.63, 3.8) is 0 Å². The Hall–Kier alpha value is -0.120. The summed E-state index contributed by atoms with van der Waals surface area (Å²) in [7, 11) is 2.23. The molecule has 1 rings (SSSR count). The van der Waals surface area contributed by atoms with Crippen molar-refractivity contribution in [2.75, 3.05) is 46.4 Å². The molecule has 108 valence electrons. The zero-order chi connectivity index (χ0) is 13.2. The first-order valence-electron chi connectivity index (χ1n) is 7.75. The van der Waals surface area contributed by atoms with Crippen molar-refractivity contribution in [1.82, 2.24) is 9.80 Å². The summed E-state index contributed by atoms with van der Waals surface area (Å²) in [6.07, 6.45) is 6.91. The van der Waals surface area contributed by atoms with Gasteiger partial charge in [0.1, 0.15) is 0 Å². The molecule has 0 N–H and O–H groups in total. The molecular formula is C15H32N2O. The van der Waals surface area contributed by atoms with Crippen LogP contribution in [0.2, 0.25) is 0 Å². The molecule has 3 nitrogen and oxygen atoms in total. The lowest BCUT2D eigenvalue weighted by atomic mass is 10.1. The third kappa shape index (κ3) is 7.34. The van der Waals surface area contributed by atoms with E-state index in [0.717, 1.165) is 26.0 Å². The van der Waals surface area contributed by atoms with Crippen molar-refractivity contribution in [3.8, 4) is 0 Å². The molecule has 0 amide bonds. The molecule has 1 saturated heterocycles. The number of likely N-dealkylation sites (tertiary alicyclic amines) is 1. The SMILES string of the molecule is CCC(C)OCCCN(C)CCN1CCCCC1. The van der Waals surface area contributed by atoms with Crippen LogP contribution in [0.4, 0.5) is 0 Å². The fraction of sp³-hybridized carbons (Fsp3) is 1.00. The maximum atomic E-state index is 5.70. The average Bonchev–Trinajstić information content (AvgIpc) is 2.42. The van der Waals surface area contributed by atoms with Crippen molar-refractivity contribution < 1.29 is 4.74 Å². The minimum Gasteiger partial charge on any atom is -0.378 e. The summed E-state index contributed by atoms with van der Waals surface area (Å²) in [5.41, 5.74) is 0. The molecule has 1 heterocycles. The lowest BCUT2D eigenvalue weighted by Gasteiger charge is -2.28. The van der Waals surface area contributed by atoms with Crippen molar-refractivity contribution in [1.29, 1.82) is 0 Å². The van der Waals surface area contributed by atoms with E-state index in [1.807, 2.05) is 0 Å². The summed E-state index contributed by atoms with van der Waals surface area (Å²) in [5, 5.41) is 0. The van der Waals surface area contributed by atoms with Gasteiger partial charge in [-0.15, -0.1) is 0 Å². The molecule has 1 aliphatic rings. The summed E-state index contributed by atoms with van der Waals surface area (Å²) >= 11 is 0. The van der Waals surface area contributed by atoms with Gasteiger partial charge in [0.2, 0.25) is 0 Å². The Balaban J connectivity index is 1.94. The van der Waals surface area contributed by atoms with Gasteiger partial charge in [0, 0.05) is 26.2 Å². The van der Waals surface area contributed by atoms with Crippen LogP contribution in [0, 0.1) is 0 Å². The monoisotopic (exact) mass is 256 g/mol. The van der Waals surface area contributed by atoms with Gasteiger partial charge >= 0.3 is 0 Å². The Morgan fingerprint density at radius 1 is 1.17 bits per heavy atom. The quantitative estimate of drug-likeness (QED) is 0.590. The standard InChI is InChI=1S/C15H32N2O/c1-4-15(2)18-14-8-9-16(3)12-13-17-10-6-5-7-11-17/h15H,4-14H2,1-3H3. The Morgan fingerprint density at radius 3 is 2.56 bits per heavy atom. The smallest absolute Gasteiger partial charge is 0.0544 e. The van der Waals surface area contributed by atoms with Crippen LogP contribution in [0.25, 0.3) is 0 Å². The number of hydrogen-bond donors (Lipinski definition) is 0. The Bertz CT molecular complexity index is 193. The topological polar surface area (TPSA) is 15.7 Å². The summed E-state index contributed by atoms with van der Waals surface area (Å²) in [6.45, 7) is 11.4. The van der Waals surface area contributed by atoms with Gasteiger partial charge in [-0.2, -0.15) is 0 Å². The van der Waals surface area contributed by atoms with Crippen LogP contribution in [-0.4, -0.2) is 62.3 Å². The lowest BCUT2D eigenvalue weighted by molar-refractivity contribution is 0.0572. The minimum atomic E-state index is 0.420. The second-order valence-electron chi connectivity index (χ2n) is 5.65. The highest BCUT2D eigenvalue weighted by Crippen LogP contribution is 2.08. The molecule has 0 aromatic rings. The minimum absolute atomic E-state index is 0.420. The van der Waals surface area contributed by atoms with Gasteiger partial charge in [0.25, 0.3) is 0 Å². The van der Waals surface area contributed by atoms with Crippen LogP contribution in [0.15, 0.2) is 0 Å². The van der Waals surface area contributed by atoms with E-state index < -0.39 is 0 Å². The van der Waals surface area contributed by atoms with Crippen molar-refractivity contribution in [2.24, 2.45) is 0 Å². The summed E-state index contributed by atoms with van der Waals surface area (Å²) in [6, 6.07) is 0. The second kappa shape index (κ2) is 9.76. The molecule has 1 unspecified atom stereocenters. The van der Waals surface area contributed by atoms with Gasteiger partial charge in [-0.3, -0.25) is 0 Å². The number of rotatable bonds is 9. The summed E-state index contributed by atoms with van der Waals surface area (Å²) in [5.74, 6) is 0. The number of nitrogens with zero attached hydrogens (tertiary/aromatic N) is 2. The Labute approximate surface area is 113 Å². The van der Waals surface area contributed by atoms with Gasteiger partial charge < -0.3 is 14.5 Å². The van der Waals surface area contributed by atoms with Gasteiger partial charge in [0.15, 0.2) is 0 Å². The molecule has 1 fully saturated rings. The molecule has 0 aromatic heterocycles. The maximum absolute atomic E-state index is 5.70. The van der Waals surface area contributed by atoms with E-state index in [4.69, 9.17) is 4.74 Å². The fourth-order valence-electron chi connectivity index (χ4n) is 2.34. The highest BCUT2D eigenvalue weighted by molar-refractivity contribution is 4.66. The van der Waals surface area contributed by atoms with Crippen LogP contribution in [-0.2, 0) is 4.74 Å². The van der Waals surface area contributed by atoms with Crippen LogP contribution in [0.3, 0.4) is 0 Å². The molecule has 18 heavy (non-hydrogen) atoms. The molecule has 0 aliphatic carbocycles. The van der Waals surface area contributed by atoms with Crippen molar-refractivity contribution >= 4 is 0 Å². The molecule has 0 saturated carbocycles. The van der Waals surface area contributed by atoms with E-state index in [0.29, 0.717) is 6.10 Å². The first-order chi connectivity index (χ1) is 8.72. The Morgan fingerprint density at radius 2 is 1.89 bits per heavy atom. The van der Waals surface area contributed by atoms with Gasteiger partial charge in [0.05, 0.1) is 6.10 Å². The highest BCUT2D eigenvalue weighted by atomic mass is 16.5. The third-order valence-electron chi connectivity index (χ3n) is 3.91. The molecule has 0 radical (unpaired) electrons. The molecule has 0 aromatic carbocycles. The molecular weight excluding hydrogens is 224 g/mol.